The molecule has 1 heterocycles. The normalized spacial score (nSPS) is 36.8. The predicted molar refractivity (Wildman–Crippen MR) is 63.8 cm³/mol. The van der Waals surface area contributed by atoms with Gasteiger partial charge in [0.15, 0.2) is 12.1 Å². The number of rotatable bonds is 5. The van der Waals surface area contributed by atoms with Crippen LogP contribution in [0.4, 0.5) is 0 Å². The van der Waals surface area contributed by atoms with Crippen molar-refractivity contribution in [3.05, 3.63) is 0 Å². The fourth-order valence-corrected chi connectivity index (χ4v) is 1.79. The highest BCUT2D eigenvalue weighted by Gasteiger charge is 2.42. The molecule has 0 aromatic carbocycles. The van der Waals surface area contributed by atoms with E-state index >= 15 is 0 Å². The lowest BCUT2D eigenvalue weighted by Gasteiger charge is -2.40. The minimum atomic E-state index is -1.35. The van der Waals surface area contributed by atoms with Gasteiger partial charge in [0.05, 0.1) is 12.1 Å². The van der Waals surface area contributed by atoms with Gasteiger partial charge in [-0.2, -0.15) is 0 Å². The molecule has 8 nitrogen and oxygen atoms in total. The van der Waals surface area contributed by atoms with Crippen LogP contribution in [0.2, 0.25) is 0 Å². The summed E-state index contributed by atoms with van der Waals surface area (Å²) in [7, 11) is 0. The van der Waals surface area contributed by atoms with Gasteiger partial charge in [-0.1, -0.05) is 0 Å². The molecule has 19 heavy (non-hydrogen) atoms. The van der Waals surface area contributed by atoms with Crippen LogP contribution in [0, 0.1) is 0 Å². The lowest BCUT2D eigenvalue weighted by molar-refractivity contribution is -0.244. The van der Waals surface area contributed by atoms with Crippen LogP contribution >= 0.6 is 0 Å². The summed E-state index contributed by atoms with van der Waals surface area (Å²) in [4.78, 5) is 22.2. The van der Waals surface area contributed by atoms with Gasteiger partial charge in [-0.15, -0.1) is 0 Å². The maximum Gasteiger partial charge on any atom is 0.215 e. The summed E-state index contributed by atoms with van der Waals surface area (Å²) in [5.74, 6) is -1.24. The molecule has 1 rings (SSSR count). The largest absolute Gasteiger partial charge is 0.388 e. The second-order valence-corrected chi connectivity index (χ2v) is 4.67. The van der Waals surface area contributed by atoms with Crippen LogP contribution in [-0.2, 0) is 14.3 Å². The number of nitrogens with one attached hydrogen (secondary N) is 2. The number of carbonyl (C=O) groups is 2. The summed E-state index contributed by atoms with van der Waals surface area (Å²) in [6.45, 7) is 4.13. The number of hydrazine groups is 1. The number of aliphatic hydroxyl groups excluding tert-OH is 3. The zero-order chi connectivity index (χ0) is 14.7. The van der Waals surface area contributed by atoms with Crippen molar-refractivity contribution in [2.24, 2.45) is 0 Å². The van der Waals surface area contributed by atoms with E-state index in [4.69, 9.17) is 4.74 Å². The highest BCUT2D eigenvalue weighted by molar-refractivity contribution is 6.38. The Morgan fingerprint density at radius 2 is 1.79 bits per heavy atom. The minimum Gasteiger partial charge on any atom is -0.388 e. The molecule has 6 atom stereocenters. The molecular formula is C11H20N2O6. The number of hydrogen-bond donors (Lipinski definition) is 5. The number of ether oxygens (including phenoxy) is 1. The summed E-state index contributed by atoms with van der Waals surface area (Å²) in [5.41, 5.74) is 5.00. The molecule has 1 unspecified atom stereocenters. The molecule has 1 aliphatic heterocycles. The van der Waals surface area contributed by atoms with E-state index in [9.17, 15) is 24.9 Å². The molecule has 0 bridgehead atoms. The first-order valence-corrected chi connectivity index (χ1v) is 6.01. The molecule has 0 amide bonds. The Labute approximate surface area is 110 Å². The third-order valence-electron chi connectivity index (χ3n) is 3.07. The fourth-order valence-electron chi connectivity index (χ4n) is 1.79. The van der Waals surface area contributed by atoms with Gasteiger partial charge in [-0.25, -0.2) is 10.9 Å². The molecule has 0 radical (unpaired) electrons. The van der Waals surface area contributed by atoms with E-state index in [0.717, 1.165) is 6.92 Å². The van der Waals surface area contributed by atoms with Crippen LogP contribution in [0.15, 0.2) is 0 Å². The monoisotopic (exact) mass is 276 g/mol. The van der Waals surface area contributed by atoms with E-state index in [1.165, 1.54) is 13.8 Å². The first kappa shape index (κ1) is 16.2. The van der Waals surface area contributed by atoms with Gasteiger partial charge in [0.2, 0.25) is 5.78 Å². The molecule has 1 saturated heterocycles. The zero-order valence-corrected chi connectivity index (χ0v) is 11.0. The van der Waals surface area contributed by atoms with Crippen molar-refractivity contribution in [1.29, 1.82) is 0 Å². The molecule has 0 aromatic heterocycles. The zero-order valence-electron chi connectivity index (χ0n) is 11.0. The number of ketones is 2. The van der Waals surface area contributed by atoms with E-state index in [1.54, 1.807) is 0 Å². The topological polar surface area (TPSA) is 128 Å². The van der Waals surface area contributed by atoms with Crippen LogP contribution in [0.3, 0.4) is 0 Å². The third-order valence-corrected chi connectivity index (χ3v) is 3.07. The average Bonchev–Trinajstić information content (AvgIpc) is 2.34. The van der Waals surface area contributed by atoms with Crippen LogP contribution in [0.5, 0.6) is 0 Å². The van der Waals surface area contributed by atoms with Gasteiger partial charge in [-0.05, 0) is 13.8 Å². The lowest BCUT2D eigenvalue weighted by atomic mass is 9.98. The highest BCUT2D eigenvalue weighted by atomic mass is 16.6. The minimum absolute atomic E-state index is 0.601. The Balaban J connectivity index is 2.56. The molecule has 0 aromatic rings. The molecule has 0 aliphatic carbocycles. The summed E-state index contributed by atoms with van der Waals surface area (Å²) >= 11 is 0. The third kappa shape index (κ3) is 3.78. The Morgan fingerprint density at radius 3 is 2.32 bits per heavy atom. The van der Waals surface area contributed by atoms with Crippen LogP contribution in [-0.4, -0.2) is 63.6 Å². The Hall–Kier alpha value is -0.900. The first-order valence-electron chi connectivity index (χ1n) is 6.01. The lowest BCUT2D eigenvalue weighted by Crippen LogP contribution is -2.65. The quantitative estimate of drug-likeness (QED) is 0.274. The molecular weight excluding hydrogens is 256 g/mol. The first-order chi connectivity index (χ1) is 8.75. The van der Waals surface area contributed by atoms with Gasteiger partial charge in [0.1, 0.15) is 18.2 Å². The van der Waals surface area contributed by atoms with Gasteiger partial charge in [0.25, 0.3) is 0 Å². The van der Waals surface area contributed by atoms with Crippen molar-refractivity contribution in [3.8, 4) is 0 Å². The smallest absolute Gasteiger partial charge is 0.215 e. The highest BCUT2D eigenvalue weighted by Crippen LogP contribution is 2.18. The van der Waals surface area contributed by atoms with Crippen molar-refractivity contribution >= 4 is 11.6 Å². The summed E-state index contributed by atoms with van der Waals surface area (Å²) in [5, 5.41) is 29.1. The van der Waals surface area contributed by atoms with Crippen molar-refractivity contribution < 1.29 is 29.6 Å². The van der Waals surface area contributed by atoms with E-state index in [1.807, 2.05) is 0 Å². The Morgan fingerprint density at radius 1 is 1.21 bits per heavy atom. The van der Waals surface area contributed by atoms with Crippen molar-refractivity contribution in [2.45, 2.75) is 57.5 Å². The van der Waals surface area contributed by atoms with Crippen LogP contribution in [0.25, 0.3) is 0 Å². The van der Waals surface area contributed by atoms with Crippen LogP contribution < -0.4 is 10.9 Å². The number of aliphatic hydroxyl groups is 3. The molecule has 110 valence electrons. The summed E-state index contributed by atoms with van der Waals surface area (Å²) in [6.07, 6.45) is -4.49. The van der Waals surface area contributed by atoms with Gasteiger partial charge < -0.3 is 20.1 Å². The predicted octanol–water partition coefficient (Wildman–Crippen LogP) is -2.55. The summed E-state index contributed by atoms with van der Waals surface area (Å²) < 4.78 is 5.01. The molecule has 0 saturated carbocycles. The van der Waals surface area contributed by atoms with Crippen molar-refractivity contribution in [1.82, 2.24) is 10.9 Å². The Bertz CT molecular complexity index is 350. The number of carbonyl (C=O) groups excluding carboxylic acids is 2. The fraction of sp³-hybridized carbons (Fsp3) is 0.818. The van der Waals surface area contributed by atoms with Crippen LogP contribution in [0.1, 0.15) is 20.8 Å². The Kier molecular flexibility index (Phi) is 5.53. The maximum absolute atomic E-state index is 11.3. The van der Waals surface area contributed by atoms with E-state index in [-0.39, 0.29) is 0 Å². The van der Waals surface area contributed by atoms with Crippen molar-refractivity contribution in [3.63, 3.8) is 0 Å². The second kappa shape index (κ2) is 6.51. The SMILES string of the molecule is CC(=O)C(=O)[C@H](C)NN[C@H]1C(O)O[C@H](C)[C@H](O)[C@@H]1O. The molecule has 0 spiro atoms. The maximum atomic E-state index is 11.3. The van der Waals surface area contributed by atoms with Gasteiger partial charge in [0, 0.05) is 6.92 Å². The molecule has 1 aliphatic rings. The molecule has 1 fully saturated rings. The number of Topliss-reactive ketones (excluding diaryl/α,β-unsaturated/α-hetero) is 2. The summed E-state index contributed by atoms with van der Waals surface area (Å²) in [6, 6.07) is -1.85. The van der Waals surface area contributed by atoms with E-state index in [0.29, 0.717) is 0 Å². The van der Waals surface area contributed by atoms with Gasteiger partial charge >= 0.3 is 0 Å². The molecule has 8 heteroatoms. The second-order valence-electron chi connectivity index (χ2n) is 4.67. The van der Waals surface area contributed by atoms with E-state index < -0.39 is 48.3 Å². The number of hydrogen-bond acceptors (Lipinski definition) is 8. The van der Waals surface area contributed by atoms with Crippen molar-refractivity contribution in [2.75, 3.05) is 0 Å². The van der Waals surface area contributed by atoms with Gasteiger partial charge in [-0.3, -0.25) is 9.59 Å². The van der Waals surface area contributed by atoms with E-state index in [2.05, 4.69) is 10.9 Å². The molecule has 5 N–H and O–H groups in total. The standard InChI is InChI=1S/C11H20N2O6/c1-4(8(15)5(2)14)12-13-7-10(17)9(16)6(3)19-11(7)18/h4,6-7,9-13,16-18H,1-3H3/t4-,6+,7+,9-,10+,11?/m0/s1. The average molecular weight is 276 g/mol.